The van der Waals surface area contributed by atoms with E-state index in [9.17, 15) is 10.2 Å². The van der Waals surface area contributed by atoms with Crippen molar-refractivity contribution in [3.63, 3.8) is 0 Å². The van der Waals surface area contributed by atoms with Gasteiger partial charge >= 0.3 is 0 Å². The lowest BCUT2D eigenvalue weighted by Gasteiger charge is -2.61. The van der Waals surface area contributed by atoms with Gasteiger partial charge in [0.25, 0.3) is 0 Å². The van der Waals surface area contributed by atoms with Crippen LogP contribution in [0.1, 0.15) is 169 Å². The highest BCUT2D eigenvalue weighted by Gasteiger charge is 2.64. The van der Waals surface area contributed by atoms with Crippen molar-refractivity contribution in [1.82, 2.24) is 0 Å². The molecule has 0 aromatic heterocycles. The SMILES string of the molecule is CC[C@@]1(O)CC[C@H]2[C@@H]3CCC4CCCC[C@]4(C)[C@H]3CC[C@@]21C.C[C@]12CCCCC1CC[C@@H]1[C@@H]2CC[C@]2(C)C(O)CC[C@@H]12. The zero-order chi connectivity index (χ0) is 29.5. The Kier molecular flexibility index (Phi) is 7.82. The molecule has 3 unspecified atom stereocenters. The van der Waals surface area contributed by atoms with E-state index < -0.39 is 0 Å². The molecular weight excluding hydrogens is 512 g/mol. The van der Waals surface area contributed by atoms with Crippen molar-refractivity contribution in [3.8, 4) is 0 Å². The molecular formula is C40H68O2. The minimum Gasteiger partial charge on any atom is -0.393 e. The Morgan fingerprint density at radius 3 is 1.62 bits per heavy atom. The minimum atomic E-state index is -0.368. The lowest BCUT2D eigenvalue weighted by molar-refractivity contribution is -0.152. The second-order valence-electron chi connectivity index (χ2n) is 18.8. The monoisotopic (exact) mass is 581 g/mol. The smallest absolute Gasteiger partial charge is 0.0701 e. The largest absolute Gasteiger partial charge is 0.393 e. The molecule has 8 aliphatic carbocycles. The lowest BCUT2D eigenvalue weighted by Crippen LogP contribution is -2.56. The van der Waals surface area contributed by atoms with Gasteiger partial charge in [0, 0.05) is 0 Å². The van der Waals surface area contributed by atoms with E-state index >= 15 is 0 Å². The van der Waals surface area contributed by atoms with Gasteiger partial charge in [-0.05, 0) is 178 Å². The number of aliphatic hydroxyl groups is 2. The van der Waals surface area contributed by atoms with Gasteiger partial charge in [-0.1, -0.05) is 60.3 Å². The number of aliphatic hydroxyl groups excluding tert-OH is 1. The van der Waals surface area contributed by atoms with E-state index in [1.807, 2.05) is 0 Å². The molecule has 8 fully saturated rings. The highest BCUT2D eigenvalue weighted by molar-refractivity contribution is 5.13. The van der Waals surface area contributed by atoms with Crippen LogP contribution in [0.5, 0.6) is 0 Å². The molecule has 0 spiro atoms. The summed E-state index contributed by atoms with van der Waals surface area (Å²) in [4.78, 5) is 0. The van der Waals surface area contributed by atoms with Crippen LogP contribution in [0.15, 0.2) is 0 Å². The first-order valence-corrected chi connectivity index (χ1v) is 19.4. The third-order valence-corrected chi connectivity index (χ3v) is 18.0. The molecule has 42 heavy (non-hydrogen) atoms. The molecule has 0 heterocycles. The third-order valence-electron chi connectivity index (χ3n) is 18.0. The fraction of sp³-hybridized carbons (Fsp3) is 1.00. The van der Waals surface area contributed by atoms with Crippen molar-refractivity contribution in [1.29, 1.82) is 0 Å². The summed E-state index contributed by atoms with van der Waals surface area (Å²) in [6, 6.07) is 0. The van der Waals surface area contributed by atoms with E-state index in [1.165, 1.54) is 116 Å². The van der Waals surface area contributed by atoms with Crippen molar-refractivity contribution in [2.24, 2.45) is 69.0 Å². The predicted molar refractivity (Wildman–Crippen MR) is 174 cm³/mol. The molecule has 0 saturated heterocycles. The standard InChI is InChI=1S/C21H36O.C19H32O/c1-4-21(22)14-11-18-16-9-8-15-7-5-6-12-19(15,2)17(16)10-13-20(18,21)3;1-18-11-4-3-5-13(18)6-7-14-15-8-9-17(20)19(15,2)12-10-16(14)18/h15-18,22H,4-14H2,1-3H3;13-17,20H,3-12H2,1-2H3/t15?,16-,17+,18+,19+,20+,21-;13?,14-,15-,16-,17?,18-,19-/m10/s1. The van der Waals surface area contributed by atoms with Crippen LogP contribution in [0, 0.1) is 69.0 Å². The maximum Gasteiger partial charge on any atom is 0.0701 e. The van der Waals surface area contributed by atoms with E-state index in [4.69, 9.17) is 0 Å². The van der Waals surface area contributed by atoms with Crippen LogP contribution in [-0.4, -0.2) is 21.9 Å². The molecule has 8 rings (SSSR count). The van der Waals surface area contributed by atoms with Crippen molar-refractivity contribution in [3.05, 3.63) is 0 Å². The minimum absolute atomic E-state index is 0.00895. The van der Waals surface area contributed by atoms with Crippen LogP contribution in [0.3, 0.4) is 0 Å². The zero-order valence-corrected chi connectivity index (χ0v) is 28.4. The van der Waals surface area contributed by atoms with E-state index in [0.29, 0.717) is 10.8 Å². The first kappa shape index (κ1) is 30.6. The van der Waals surface area contributed by atoms with Crippen LogP contribution in [-0.2, 0) is 0 Å². The average molecular weight is 581 g/mol. The summed E-state index contributed by atoms with van der Waals surface area (Å²) in [5.74, 6) is 7.45. The Bertz CT molecular complexity index is 990. The van der Waals surface area contributed by atoms with Crippen LogP contribution < -0.4 is 0 Å². The van der Waals surface area contributed by atoms with Gasteiger partial charge in [-0.3, -0.25) is 0 Å². The van der Waals surface area contributed by atoms with Crippen LogP contribution in [0.2, 0.25) is 0 Å². The quantitative estimate of drug-likeness (QED) is 0.324. The summed E-state index contributed by atoms with van der Waals surface area (Å²) in [6.45, 7) is 12.3. The van der Waals surface area contributed by atoms with E-state index in [2.05, 4.69) is 34.6 Å². The Hall–Kier alpha value is -0.0800. The molecule has 2 N–H and O–H groups in total. The summed E-state index contributed by atoms with van der Waals surface area (Å²) >= 11 is 0. The first-order valence-electron chi connectivity index (χ1n) is 19.4. The van der Waals surface area contributed by atoms with Gasteiger partial charge in [-0.2, -0.15) is 0 Å². The maximum atomic E-state index is 11.2. The Morgan fingerprint density at radius 2 is 1.02 bits per heavy atom. The van der Waals surface area contributed by atoms with Crippen LogP contribution in [0.25, 0.3) is 0 Å². The number of hydrogen-bond donors (Lipinski definition) is 2. The summed E-state index contributed by atoms with van der Waals surface area (Å²) in [5.41, 5.74) is 1.39. The second-order valence-corrected chi connectivity index (χ2v) is 18.8. The molecule has 14 atom stereocenters. The van der Waals surface area contributed by atoms with Gasteiger partial charge in [-0.15, -0.1) is 0 Å². The second kappa shape index (κ2) is 10.7. The molecule has 0 radical (unpaired) electrons. The van der Waals surface area contributed by atoms with Gasteiger partial charge in [0.05, 0.1) is 11.7 Å². The molecule has 240 valence electrons. The summed E-state index contributed by atoms with van der Waals surface area (Å²) in [7, 11) is 0. The fourth-order valence-corrected chi connectivity index (χ4v) is 15.3. The average Bonchev–Trinajstić information content (AvgIpc) is 3.44. The van der Waals surface area contributed by atoms with E-state index in [0.717, 1.165) is 66.6 Å². The third kappa shape index (κ3) is 4.28. The molecule has 2 nitrogen and oxygen atoms in total. The topological polar surface area (TPSA) is 40.5 Å². The maximum absolute atomic E-state index is 11.2. The van der Waals surface area contributed by atoms with E-state index in [-0.39, 0.29) is 22.5 Å². The first-order chi connectivity index (χ1) is 20.0. The molecule has 8 aliphatic rings. The van der Waals surface area contributed by atoms with Crippen molar-refractivity contribution in [2.75, 3.05) is 0 Å². The Labute approximate surface area is 260 Å². The van der Waals surface area contributed by atoms with E-state index in [1.54, 1.807) is 0 Å². The van der Waals surface area contributed by atoms with Crippen molar-refractivity contribution in [2.45, 2.75) is 181 Å². The Morgan fingerprint density at radius 1 is 0.500 bits per heavy atom. The molecule has 0 aromatic carbocycles. The molecule has 2 heteroatoms. The summed E-state index contributed by atoms with van der Waals surface area (Å²) < 4.78 is 0. The van der Waals surface area contributed by atoms with Gasteiger partial charge in [-0.25, -0.2) is 0 Å². The zero-order valence-electron chi connectivity index (χ0n) is 28.4. The summed E-state index contributed by atoms with van der Waals surface area (Å²) in [6.07, 6.45) is 28.9. The normalized spacial score (nSPS) is 58.2. The molecule has 0 aliphatic heterocycles. The highest BCUT2D eigenvalue weighted by Crippen LogP contribution is 2.69. The number of rotatable bonds is 1. The number of hydrogen-bond acceptors (Lipinski definition) is 2. The molecule has 0 aromatic rings. The van der Waals surface area contributed by atoms with Crippen LogP contribution >= 0.6 is 0 Å². The fourth-order valence-electron chi connectivity index (χ4n) is 15.3. The van der Waals surface area contributed by atoms with Crippen molar-refractivity contribution >= 4 is 0 Å². The predicted octanol–water partition coefficient (Wildman–Crippen LogP) is 10.3. The van der Waals surface area contributed by atoms with Gasteiger partial charge in [0.2, 0.25) is 0 Å². The summed E-state index contributed by atoms with van der Waals surface area (Å²) in [5, 5.41) is 21.7. The van der Waals surface area contributed by atoms with Crippen LogP contribution in [0.4, 0.5) is 0 Å². The molecule has 8 saturated carbocycles. The van der Waals surface area contributed by atoms with Gasteiger partial charge < -0.3 is 10.2 Å². The lowest BCUT2D eigenvalue weighted by atomic mass is 9.44. The van der Waals surface area contributed by atoms with Crippen molar-refractivity contribution < 1.29 is 10.2 Å². The van der Waals surface area contributed by atoms with Gasteiger partial charge in [0.15, 0.2) is 0 Å². The van der Waals surface area contributed by atoms with Gasteiger partial charge in [0.1, 0.15) is 0 Å². The number of fused-ring (bicyclic) bond motifs is 10. The molecule has 0 amide bonds. The molecule has 0 bridgehead atoms. The highest BCUT2D eigenvalue weighted by atomic mass is 16.3. The Balaban J connectivity index is 0.000000138.